The van der Waals surface area contributed by atoms with Gasteiger partial charge in [-0.3, -0.25) is 9.59 Å². The summed E-state index contributed by atoms with van der Waals surface area (Å²) in [6.45, 7) is 2.02. The molecule has 2 rings (SSSR count). The minimum absolute atomic E-state index is 0.128. The highest BCUT2D eigenvalue weighted by atomic mass is 16.1. The quantitative estimate of drug-likeness (QED) is 0.850. The highest BCUT2D eigenvalue weighted by Crippen LogP contribution is 2.14. The first kappa shape index (κ1) is 13.0. The predicted molar refractivity (Wildman–Crippen MR) is 75.6 cm³/mol. The van der Waals surface area contributed by atoms with Crippen molar-refractivity contribution in [1.82, 2.24) is 0 Å². The summed E-state index contributed by atoms with van der Waals surface area (Å²) in [4.78, 5) is 22.7. The highest BCUT2D eigenvalue weighted by molar-refractivity contribution is 6.05. The molecule has 2 aromatic rings. The van der Waals surface area contributed by atoms with E-state index in [1.165, 1.54) is 0 Å². The third-order valence-electron chi connectivity index (χ3n) is 2.95. The van der Waals surface area contributed by atoms with Gasteiger partial charge >= 0.3 is 0 Å². The second kappa shape index (κ2) is 5.96. The summed E-state index contributed by atoms with van der Waals surface area (Å²) in [7, 11) is 0. The van der Waals surface area contributed by atoms with Crippen LogP contribution in [0.3, 0.4) is 0 Å². The van der Waals surface area contributed by atoms with Gasteiger partial charge in [0, 0.05) is 16.8 Å². The number of hydrogen-bond donors (Lipinski definition) is 1. The normalized spacial score (nSPS) is 9.95. The van der Waals surface area contributed by atoms with E-state index in [9.17, 15) is 9.59 Å². The summed E-state index contributed by atoms with van der Waals surface area (Å²) in [5.74, 6) is -0.128. The minimum Gasteiger partial charge on any atom is -0.322 e. The molecule has 2 aromatic carbocycles. The first-order valence-corrected chi connectivity index (χ1v) is 6.19. The second-order valence-corrected chi connectivity index (χ2v) is 4.20. The summed E-state index contributed by atoms with van der Waals surface area (Å²) >= 11 is 0. The van der Waals surface area contributed by atoms with Crippen LogP contribution in [0.4, 0.5) is 5.69 Å². The van der Waals surface area contributed by atoms with Crippen LogP contribution in [0, 0.1) is 0 Å². The van der Waals surface area contributed by atoms with Crippen molar-refractivity contribution in [2.75, 3.05) is 5.32 Å². The van der Waals surface area contributed by atoms with Crippen LogP contribution < -0.4 is 5.32 Å². The molecule has 0 aliphatic rings. The van der Waals surface area contributed by atoms with Gasteiger partial charge in [0.2, 0.25) is 0 Å². The van der Waals surface area contributed by atoms with Crippen LogP contribution >= 0.6 is 0 Å². The number of carbonyl (C=O) groups excluding carboxylic acids is 2. The molecule has 0 atom stereocenters. The average Bonchev–Trinajstić information content (AvgIpc) is 2.48. The topological polar surface area (TPSA) is 46.2 Å². The highest BCUT2D eigenvalue weighted by Gasteiger charge is 2.09. The lowest BCUT2D eigenvalue weighted by Crippen LogP contribution is -2.13. The molecule has 0 aliphatic heterocycles. The fraction of sp³-hybridized carbons (Fsp3) is 0.125. The van der Waals surface area contributed by atoms with Gasteiger partial charge in [-0.1, -0.05) is 25.1 Å². The number of nitrogens with one attached hydrogen (secondary N) is 1. The largest absolute Gasteiger partial charge is 0.322 e. The monoisotopic (exact) mass is 253 g/mol. The molecule has 3 nitrogen and oxygen atoms in total. The van der Waals surface area contributed by atoms with E-state index in [1.807, 2.05) is 31.2 Å². The van der Waals surface area contributed by atoms with Crippen molar-refractivity contribution in [3.63, 3.8) is 0 Å². The summed E-state index contributed by atoms with van der Waals surface area (Å²) in [6, 6.07) is 14.3. The maximum absolute atomic E-state index is 12.2. The van der Waals surface area contributed by atoms with Gasteiger partial charge in [-0.25, -0.2) is 0 Å². The molecule has 3 heteroatoms. The Morgan fingerprint density at radius 3 is 2.42 bits per heavy atom. The van der Waals surface area contributed by atoms with Gasteiger partial charge < -0.3 is 5.32 Å². The van der Waals surface area contributed by atoms with Gasteiger partial charge in [-0.15, -0.1) is 0 Å². The van der Waals surface area contributed by atoms with Crippen molar-refractivity contribution in [3.8, 4) is 0 Å². The van der Waals surface area contributed by atoms with E-state index >= 15 is 0 Å². The third kappa shape index (κ3) is 3.07. The van der Waals surface area contributed by atoms with Gasteiger partial charge in [-0.2, -0.15) is 0 Å². The number of carbonyl (C=O) groups is 2. The van der Waals surface area contributed by atoms with E-state index in [0.717, 1.165) is 18.3 Å². The average molecular weight is 253 g/mol. The zero-order valence-electron chi connectivity index (χ0n) is 10.7. The van der Waals surface area contributed by atoms with Crippen LogP contribution in [0.15, 0.2) is 48.5 Å². The summed E-state index contributed by atoms with van der Waals surface area (Å²) in [5.41, 5.74) is 2.97. The number of anilines is 1. The Bertz CT molecular complexity index is 588. The fourth-order valence-electron chi connectivity index (χ4n) is 1.89. The Balaban J connectivity index is 2.18. The predicted octanol–water partition coefficient (Wildman–Crippen LogP) is 3.31. The van der Waals surface area contributed by atoms with Crippen molar-refractivity contribution in [2.45, 2.75) is 13.3 Å². The molecule has 0 saturated carbocycles. The van der Waals surface area contributed by atoms with E-state index in [-0.39, 0.29) is 5.91 Å². The summed E-state index contributed by atoms with van der Waals surface area (Å²) in [5, 5.41) is 2.83. The molecule has 0 heterocycles. The second-order valence-electron chi connectivity index (χ2n) is 4.20. The van der Waals surface area contributed by atoms with Crippen LogP contribution in [0.2, 0.25) is 0 Å². The lowest BCUT2D eigenvalue weighted by Gasteiger charge is -2.08. The van der Waals surface area contributed by atoms with Gasteiger partial charge in [0.15, 0.2) is 0 Å². The SMILES string of the molecule is CCc1ccccc1C(=O)Nc1ccc(C=O)cc1. The molecule has 0 unspecified atom stereocenters. The Labute approximate surface area is 112 Å². The first-order chi connectivity index (χ1) is 9.24. The molecule has 1 amide bonds. The van der Waals surface area contributed by atoms with Crippen molar-refractivity contribution >= 4 is 17.9 Å². The molecule has 0 aromatic heterocycles. The number of amides is 1. The van der Waals surface area contributed by atoms with Crippen molar-refractivity contribution in [1.29, 1.82) is 0 Å². The lowest BCUT2D eigenvalue weighted by atomic mass is 10.0. The molecule has 19 heavy (non-hydrogen) atoms. The number of aldehydes is 1. The molecule has 0 spiro atoms. The fourth-order valence-corrected chi connectivity index (χ4v) is 1.89. The van der Waals surface area contributed by atoms with Gasteiger partial charge in [0.25, 0.3) is 5.91 Å². The maximum Gasteiger partial charge on any atom is 0.255 e. The van der Waals surface area contributed by atoms with Gasteiger partial charge in [0.1, 0.15) is 6.29 Å². The third-order valence-corrected chi connectivity index (χ3v) is 2.95. The smallest absolute Gasteiger partial charge is 0.255 e. The van der Waals surface area contributed by atoms with Crippen molar-refractivity contribution in [3.05, 3.63) is 65.2 Å². The Morgan fingerprint density at radius 2 is 1.79 bits per heavy atom. The zero-order valence-corrected chi connectivity index (χ0v) is 10.7. The van der Waals surface area contributed by atoms with E-state index in [2.05, 4.69) is 5.32 Å². The van der Waals surface area contributed by atoms with Crippen LogP contribution in [0.25, 0.3) is 0 Å². The minimum atomic E-state index is -0.128. The number of rotatable bonds is 4. The van der Waals surface area contributed by atoms with E-state index in [0.29, 0.717) is 16.8 Å². The molecule has 0 saturated heterocycles. The standard InChI is InChI=1S/C16H15NO2/c1-2-13-5-3-4-6-15(13)16(19)17-14-9-7-12(11-18)8-10-14/h3-11H,2H2,1H3,(H,17,19). The van der Waals surface area contributed by atoms with Crippen LogP contribution in [-0.4, -0.2) is 12.2 Å². The molecular formula is C16H15NO2. The van der Waals surface area contributed by atoms with Crippen molar-refractivity contribution in [2.24, 2.45) is 0 Å². The number of benzene rings is 2. The molecule has 0 bridgehead atoms. The zero-order chi connectivity index (χ0) is 13.7. The number of aryl methyl sites for hydroxylation is 1. The van der Waals surface area contributed by atoms with Crippen LogP contribution in [0.5, 0.6) is 0 Å². The summed E-state index contributed by atoms with van der Waals surface area (Å²) in [6.07, 6.45) is 1.59. The first-order valence-electron chi connectivity index (χ1n) is 6.19. The lowest BCUT2D eigenvalue weighted by molar-refractivity contribution is 0.102. The Morgan fingerprint density at radius 1 is 1.11 bits per heavy atom. The molecule has 0 radical (unpaired) electrons. The van der Waals surface area contributed by atoms with E-state index in [4.69, 9.17) is 0 Å². The molecule has 0 fully saturated rings. The van der Waals surface area contributed by atoms with Crippen LogP contribution in [0.1, 0.15) is 33.2 Å². The van der Waals surface area contributed by atoms with Gasteiger partial charge in [0.05, 0.1) is 0 Å². The molecule has 0 aliphatic carbocycles. The van der Waals surface area contributed by atoms with Crippen molar-refractivity contribution < 1.29 is 9.59 Å². The molecule has 96 valence electrons. The van der Waals surface area contributed by atoms with Crippen LogP contribution in [-0.2, 0) is 6.42 Å². The Kier molecular flexibility index (Phi) is 4.08. The Hall–Kier alpha value is -2.42. The summed E-state index contributed by atoms with van der Waals surface area (Å²) < 4.78 is 0. The van der Waals surface area contributed by atoms with E-state index < -0.39 is 0 Å². The molecular weight excluding hydrogens is 238 g/mol. The molecule has 1 N–H and O–H groups in total. The van der Waals surface area contributed by atoms with Gasteiger partial charge in [-0.05, 0) is 42.3 Å². The van der Waals surface area contributed by atoms with E-state index in [1.54, 1.807) is 24.3 Å². The maximum atomic E-state index is 12.2. The number of hydrogen-bond acceptors (Lipinski definition) is 2.